The molecular formula is C26H18IN3O5. The van der Waals surface area contributed by atoms with Crippen molar-refractivity contribution in [2.24, 2.45) is 5.92 Å². The minimum absolute atomic E-state index is 0.106. The highest BCUT2D eigenvalue weighted by Crippen LogP contribution is 2.49. The van der Waals surface area contributed by atoms with E-state index in [1.807, 2.05) is 36.4 Å². The molecule has 2 unspecified atom stereocenters. The predicted octanol–water partition coefficient (Wildman–Crippen LogP) is 5.12. The number of nitrogens with one attached hydrogen (secondary N) is 1. The van der Waals surface area contributed by atoms with E-state index in [4.69, 9.17) is 29.1 Å². The molecule has 0 fully saturated rings. The molecule has 0 radical (unpaired) electrons. The van der Waals surface area contributed by atoms with Crippen LogP contribution in [0.25, 0.3) is 0 Å². The van der Waals surface area contributed by atoms with Crippen molar-refractivity contribution in [1.29, 1.82) is 15.9 Å². The van der Waals surface area contributed by atoms with E-state index in [0.717, 1.165) is 20.3 Å². The number of benzene rings is 3. The molecule has 2 atom stereocenters. The Labute approximate surface area is 215 Å². The highest BCUT2D eigenvalue weighted by atomic mass is 127. The number of hydrogen-bond acceptors (Lipinski definition) is 8. The fourth-order valence-electron chi connectivity index (χ4n) is 4.25. The van der Waals surface area contributed by atoms with Gasteiger partial charge in [0.1, 0.15) is 18.3 Å². The van der Waals surface area contributed by atoms with E-state index in [1.54, 1.807) is 19.2 Å². The van der Waals surface area contributed by atoms with Crippen molar-refractivity contribution in [2.45, 2.75) is 12.5 Å². The summed E-state index contributed by atoms with van der Waals surface area (Å²) in [5.41, 5.74) is 2.82. The quantitative estimate of drug-likeness (QED) is 0.417. The third-order valence-electron chi connectivity index (χ3n) is 5.94. The molecule has 9 heteroatoms. The summed E-state index contributed by atoms with van der Waals surface area (Å²) in [6.07, 6.45) is 0. The summed E-state index contributed by atoms with van der Waals surface area (Å²) in [5, 5.41) is 27.6. The Hall–Kier alpha value is -3.96. The van der Waals surface area contributed by atoms with E-state index in [-0.39, 0.29) is 19.3 Å². The lowest BCUT2D eigenvalue weighted by Crippen LogP contribution is -2.31. The van der Waals surface area contributed by atoms with Gasteiger partial charge in [-0.25, -0.2) is 0 Å². The van der Waals surface area contributed by atoms with Crippen molar-refractivity contribution in [1.82, 2.24) is 0 Å². The van der Waals surface area contributed by atoms with Gasteiger partial charge in [0, 0.05) is 23.1 Å². The number of ether oxygens (including phenoxy) is 5. The zero-order chi connectivity index (χ0) is 24.5. The molecule has 5 rings (SSSR count). The molecule has 35 heavy (non-hydrogen) atoms. The summed E-state index contributed by atoms with van der Waals surface area (Å²) in [7, 11) is 1.55. The van der Waals surface area contributed by atoms with E-state index in [2.05, 4.69) is 34.7 Å². The monoisotopic (exact) mass is 579 g/mol. The SMILES string of the molecule is COc1cc(C2c3cc4c(cc3OC(=N)C2C#N)OCO4)cc(I)c1OCc1ccccc1C#N. The number of rotatable bonds is 5. The normalized spacial score (nSPS) is 17.5. The first kappa shape index (κ1) is 22.8. The van der Waals surface area contributed by atoms with Gasteiger partial charge in [-0.3, -0.25) is 5.41 Å². The fraction of sp³-hybridized carbons (Fsp3) is 0.192. The molecule has 3 aromatic rings. The number of methoxy groups -OCH3 is 1. The highest BCUT2D eigenvalue weighted by molar-refractivity contribution is 14.1. The largest absolute Gasteiger partial charge is 0.493 e. The van der Waals surface area contributed by atoms with E-state index >= 15 is 0 Å². The van der Waals surface area contributed by atoms with Gasteiger partial charge in [0.15, 0.2) is 23.0 Å². The van der Waals surface area contributed by atoms with Crippen LogP contribution in [0.5, 0.6) is 28.7 Å². The molecule has 2 aliphatic heterocycles. The second-order valence-electron chi connectivity index (χ2n) is 7.89. The lowest BCUT2D eigenvalue weighted by molar-refractivity contribution is 0.174. The molecule has 174 valence electrons. The van der Waals surface area contributed by atoms with E-state index in [9.17, 15) is 10.5 Å². The van der Waals surface area contributed by atoms with E-state index in [0.29, 0.717) is 34.3 Å². The maximum absolute atomic E-state index is 9.91. The van der Waals surface area contributed by atoms with E-state index < -0.39 is 11.8 Å². The van der Waals surface area contributed by atoms with Crippen LogP contribution in [-0.4, -0.2) is 19.8 Å². The molecule has 0 amide bonds. The van der Waals surface area contributed by atoms with Gasteiger partial charge in [-0.15, -0.1) is 0 Å². The Balaban J connectivity index is 1.55. The van der Waals surface area contributed by atoms with E-state index in [1.165, 1.54) is 0 Å². The first-order valence-corrected chi connectivity index (χ1v) is 11.7. The van der Waals surface area contributed by atoms with Crippen molar-refractivity contribution < 1.29 is 23.7 Å². The standard InChI is InChI=1S/C26H18IN3O5/c1-31-23-7-16(6-19(27)25(23)32-12-15-5-3-2-4-14(15)10-28)24-17-8-21-22(34-13-33-21)9-20(17)35-26(30)18(24)11-29/h2-9,18,24,30H,12-13H2,1H3. The van der Waals surface area contributed by atoms with Crippen LogP contribution in [0.15, 0.2) is 48.5 Å². The van der Waals surface area contributed by atoms with Gasteiger partial charge >= 0.3 is 0 Å². The molecule has 0 saturated heterocycles. The van der Waals surface area contributed by atoms with Gasteiger partial charge in [-0.2, -0.15) is 10.5 Å². The molecule has 2 heterocycles. The Morgan fingerprint density at radius 2 is 1.86 bits per heavy atom. The summed E-state index contributed by atoms with van der Waals surface area (Å²) >= 11 is 2.16. The lowest BCUT2D eigenvalue weighted by atomic mass is 9.79. The smallest absolute Gasteiger partial charge is 0.231 e. The number of hydrogen-bond donors (Lipinski definition) is 1. The van der Waals surface area contributed by atoms with Gasteiger partial charge in [-0.05, 0) is 52.4 Å². The van der Waals surface area contributed by atoms with Gasteiger partial charge in [0.25, 0.3) is 0 Å². The second kappa shape index (κ2) is 9.35. The van der Waals surface area contributed by atoms with Crippen LogP contribution in [0, 0.1) is 37.6 Å². The van der Waals surface area contributed by atoms with Crippen LogP contribution < -0.4 is 23.7 Å². The molecular weight excluding hydrogens is 561 g/mol. The third-order valence-corrected chi connectivity index (χ3v) is 6.74. The average Bonchev–Trinajstić information content (AvgIpc) is 3.33. The number of nitrogens with zero attached hydrogens (tertiary/aromatic N) is 2. The van der Waals surface area contributed by atoms with Gasteiger partial charge in [0.2, 0.25) is 12.7 Å². The van der Waals surface area contributed by atoms with Crippen LogP contribution in [0.4, 0.5) is 0 Å². The van der Waals surface area contributed by atoms with Crippen molar-refractivity contribution in [3.63, 3.8) is 0 Å². The topological polar surface area (TPSA) is 118 Å². The first-order chi connectivity index (χ1) is 17.0. The van der Waals surface area contributed by atoms with Crippen molar-refractivity contribution in [3.8, 4) is 40.9 Å². The Kier molecular flexibility index (Phi) is 6.10. The van der Waals surface area contributed by atoms with Crippen molar-refractivity contribution in [3.05, 3.63) is 74.4 Å². The third kappa shape index (κ3) is 4.08. The van der Waals surface area contributed by atoms with Crippen LogP contribution >= 0.6 is 22.6 Å². The Morgan fingerprint density at radius 1 is 1.09 bits per heavy atom. The molecule has 0 spiro atoms. The second-order valence-corrected chi connectivity index (χ2v) is 9.05. The number of halogens is 1. The molecule has 0 aliphatic carbocycles. The predicted molar refractivity (Wildman–Crippen MR) is 133 cm³/mol. The number of fused-ring (bicyclic) bond motifs is 2. The van der Waals surface area contributed by atoms with Gasteiger partial charge in [-0.1, -0.05) is 18.2 Å². The molecule has 0 bridgehead atoms. The van der Waals surface area contributed by atoms with Crippen molar-refractivity contribution >= 4 is 28.5 Å². The molecule has 3 aromatic carbocycles. The highest BCUT2D eigenvalue weighted by Gasteiger charge is 2.39. The zero-order valence-electron chi connectivity index (χ0n) is 18.5. The average molecular weight is 579 g/mol. The maximum Gasteiger partial charge on any atom is 0.231 e. The summed E-state index contributed by atoms with van der Waals surface area (Å²) in [6.45, 7) is 0.305. The van der Waals surface area contributed by atoms with Gasteiger partial charge in [0.05, 0.1) is 28.4 Å². The summed E-state index contributed by atoms with van der Waals surface area (Å²) in [6, 6.07) is 18.9. The van der Waals surface area contributed by atoms with Crippen LogP contribution in [0.3, 0.4) is 0 Å². The minimum Gasteiger partial charge on any atom is -0.493 e. The van der Waals surface area contributed by atoms with Crippen LogP contribution in [0.1, 0.15) is 28.2 Å². The minimum atomic E-state index is -0.836. The van der Waals surface area contributed by atoms with Crippen LogP contribution in [0.2, 0.25) is 0 Å². The first-order valence-electron chi connectivity index (χ1n) is 10.6. The zero-order valence-corrected chi connectivity index (χ0v) is 20.7. The Morgan fingerprint density at radius 3 is 2.60 bits per heavy atom. The van der Waals surface area contributed by atoms with Crippen LogP contribution in [-0.2, 0) is 6.61 Å². The lowest BCUT2D eigenvalue weighted by Gasteiger charge is -2.31. The molecule has 0 saturated carbocycles. The van der Waals surface area contributed by atoms with Crippen molar-refractivity contribution in [2.75, 3.05) is 13.9 Å². The molecule has 0 aromatic heterocycles. The summed E-state index contributed by atoms with van der Waals surface area (Å²) < 4.78 is 29.2. The maximum atomic E-state index is 9.91. The molecule has 8 nitrogen and oxygen atoms in total. The van der Waals surface area contributed by atoms with Gasteiger partial charge < -0.3 is 23.7 Å². The summed E-state index contributed by atoms with van der Waals surface area (Å²) in [4.78, 5) is 0. The molecule has 2 aliphatic rings. The Bertz CT molecular complexity index is 1430. The summed E-state index contributed by atoms with van der Waals surface area (Å²) in [5.74, 6) is 1.13. The fourth-order valence-corrected chi connectivity index (χ4v) is 5.03. The number of nitriles is 2. The molecule has 1 N–H and O–H groups in total.